The van der Waals surface area contributed by atoms with Gasteiger partial charge in [0.25, 0.3) is 0 Å². The van der Waals surface area contributed by atoms with E-state index in [1.54, 1.807) is 18.4 Å². The molecule has 2 aromatic carbocycles. The van der Waals surface area contributed by atoms with E-state index in [0.717, 1.165) is 29.2 Å². The van der Waals surface area contributed by atoms with Gasteiger partial charge in [-0.3, -0.25) is 0 Å². The molecule has 0 bridgehead atoms. The molecule has 1 aromatic heterocycles. The standard InChI is InChI=1S/C19H20N2OS.BrH/c1-3-13-21-18(15-9-11-17(22-2)12-10-15)14-23-19(21)20-16-7-5-4-6-8-16;/h4-12,14H,3,13H2,1-2H3;1H. The van der Waals surface area contributed by atoms with E-state index in [4.69, 9.17) is 9.73 Å². The first-order valence-electron chi connectivity index (χ1n) is 7.74. The molecule has 24 heavy (non-hydrogen) atoms. The molecule has 3 aromatic rings. The van der Waals surface area contributed by atoms with Crippen LogP contribution in [0.4, 0.5) is 5.69 Å². The van der Waals surface area contributed by atoms with Crippen LogP contribution < -0.4 is 9.54 Å². The molecule has 0 aliphatic rings. The van der Waals surface area contributed by atoms with Crippen molar-refractivity contribution in [3.05, 3.63) is 64.8 Å². The predicted molar refractivity (Wildman–Crippen MR) is 107 cm³/mol. The number of hydrogen-bond acceptors (Lipinski definition) is 3. The number of methoxy groups -OCH3 is 1. The second kappa shape index (κ2) is 8.85. The van der Waals surface area contributed by atoms with E-state index in [0.29, 0.717) is 0 Å². The molecule has 126 valence electrons. The van der Waals surface area contributed by atoms with Crippen LogP contribution in [0.25, 0.3) is 11.3 Å². The van der Waals surface area contributed by atoms with Crippen molar-refractivity contribution in [1.29, 1.82) is 0 Å². The minimum atomic E-state index is 0. The molecule has 1 heterocycles. The minimum absolute atomic E-state index is 0. The Balaban J connectivity index is 0.00000208. The third-order valence-corrected chi connectivity index (χ3v) is 4.48. The van der Waals surface area contributed by atoms with Crippen molar-refractivity contribution in [3.8, 4) is 17.0 Å². The molecular formula is C19H21BrN2OS. The Morgan fingerprint density at radius 2 is 1.75 bits per heavy atom. The first-order chi connectivity index (χ1) is 11.3. The average Bonchev–Trinajstić information content (AvgIpc) is 2.99. The molecule has 3 rings (SSSR count). The van der Waals surface area contributed by atoms with Gasteiger partial charge >= 0.3 is 0 Å². The number of rotatable bonds is 5. The van der Waals surface area contributed by atoms with Crippen LogP contribution in [0.15, 0.2) is 65.0 Å². The summed E-state index contributed by atoms with van der Waals surface area (Å²) in [4.78, 5) is 5.83. The van der Waals surface area contributed by atoms with Crippen molar-refractivity contribution in [3.63, 3.8) is 0 Å². The highest BCUT2D eigenvalue weighted by molar-refractivity contribution is 8.93. The largest absolute Gasteiger partial charge is 0.497 e. The van der Waals surface area contributed by atoms with Crippen LogP contribution in [-0.2, 0) is 6.54 Å². The maximum absolute atomic E-state index is 5.24. The number of thiazole rings is 1. The predicted octanol–water partition coefficient (Wildman–Crippen LogP) is 5.45. The molecule has 0 amide bonds. The molecule has 0 saturated carbocycles. The van der Waals surface area contributed by atoms with Gasteiger partial charge in [0.15, 0.2) is 4.80 Å². The average molecular weight is 405 g/mol. The van der Waals surface area contributed by atoms with Gasteiger partial charge in [0.05, 0.1) is 18.5 Å². The first-order valence-corrected chi connectivity index (χ1v) is 8.62. The van der Waals surface area contributed by atoms with Crippen LogP contribution in [-0.4, -0.2) is 11.7 Å². The van der Waals surface area contributed by atoms with Crippen molar-refractivity contribution >= 4 is 34.0 Å². The molecule has 0 atom stereocenters. The summed E-state index contributed by atoms with van der Waals surface area (Å²) < 4.78 is 7.54. The molecule has 0 aliphatic heterocycles. The lowest BCUT2D eigenvalue weighted by atomic mass is 10.1. The second-order valence-electron chi connectivity index (χ2n) is 5.23. The van der Waals surface area contributed by atoms with Gasteiger partial charge < -0.3 is 9.30 Å². The Hall–Kier alpha value is -1.85. The van der Waals surface area contributed by atoms with E-state index in [2.05, 4.69) is 29.0 Å². The van der Waals surface area contributed by atoms with Crippen LogP contribution in [0, 0.1) is 0 Å². The molecule has 3 nitrogen and oxygen atoms in total. The summed E-state index contributed by atoms with van der Waals surface area (Å²) in [6, 6.07) is 18.3. The summed E-state index contributed by atoms with van der Waals surface area (Å²) in [6.45, 7) is 3.14. The monoisotopic (exact) mass is 404 g/mol. The molecule has 0 aliphatic carbocycles. The molecule has 0 fully saturated rings. The molecule has 0 saturated heterocycles. The summed E-state index contributed by atoms with van der Waals surface area (Å²) in [5.41, 5.74) is 3.37. The van der Waals surface area contributed by atoms with Crippen LogP contribution in [0.2, 0.25) is 0 Å². The van der Waals surface area contributed by atoms with Gasteiger partial charge in [0.1, 0.15) is 5.75 Å². The first kappa shape index (κ1) is 18.5. The fourth-order valence-electron chi connectivity index (χ4n) is 2.46. The summed E-state index contributed by atoms with van der Waals surface area (Å²) in [5.74, 6) is 0.875. The van der Waals surface area contributed by atoms with Crippen LogP contribution in [0.3, 0.4) is 0 Å². The lowest BCUT2D eigenvalue weighted by Crippen LogP contribution is -2.15. The molecule has 0 spiro atoms. The molecule has 0 unspecified atom stereocenters. The van der Waals surface area contributed by atoms with Gasteiger partial charge in [-0.2, -0.15) is 0 Å². The highest BCUT2D eigenvalue weighted by Crippen LogP contribution is 2.23. The zero-order valence-corrected chi connectivity index (χ0v) is 16.3. The minimum Gasteiger partial charge on any atom is -0.497 e. The number of ether oxygens (including phenoxy) is 1. The molecule has 5 heteroatoms. The van der Waals surface area contributed by atoms with Crippen molar-refractivity contribution < 1.29 is 4.74 Å². The second-order valence-corrected chi connectivity index (χ2v) is 6.07. The smallest absolute Gasteiger partial charge is 0.190 e. The highest BCUT2D eigenvalue weighted by atomic mass is 79.9. The number of para-hydroxylation sites is 1. The zero-order chi connectivity index (χ0) is 16.1. The van der Waals surface area contributed by atoms with Gasteiger partial charge in [0, 0.05) is 11.9 Å². The lowest BCUT2D eigenvalue weighted by molar-refractivity contribution is 0.415. The van der Waals surface area contributed by atoms with Crippen LogP contribution in [0.5, 0.6) is 5.75 Å². The zero-order valence-electron chi connectivity index (χ0n) is 13.8. The van der Waals surface area contributed by atoms with Gasteiger partial charge in [-0.1, -0.05) is 25.1 Å². The third-order valence-electron chi connectivity index (χ3n) is 3.61. The number of hydrogen-bond donors (Lipinski definition) is 0. The van der Waals surface area contributed by atoms with E-state index in [1.807, 2.05) is 42.5 Å². The maximum atomic E-state index is 5.24. The molecular weight excluding hydrogens is 384 g/mol. The number of benzene rings is 2. The van der Waals surface area contributed by atoms with Crippen LogP contribution in [0.1, 0.15) is 13.3 Å². The van der Waals surface area contributed by atoms with E-state index in [-0.39, 0.29) is 17.0 Å². The summed E-state index contributed by atoms with van der Waals surface area (Å²) in [5, 5.41) is 2.18. The molecule has 0 N–H and O–H groups in total. The summed E-state index contributed by atoms with van der Waals surface area (Å²) in [7, 11) is 1.69. The van der Waals surface area contributed by atoms with Gasteiger partial charge in [-0.25, -0.2) is 4.99 Å². The van der Waals surface area contributed by atoms with Gasteiger partial charge in [-0.05, 0) is 48.4 Å². The van der Waals surface area contributed by atoms with Gasteiger partial charge in [0.2, 0.25) is 0 Å². The summed E-state index contributed by atoms with van der Waals surface area (Å²) >= 11 is 1.68. The fraction of sp³-hybridized carbons (Fsp3) is 0.211. The fourth-order valence-corrected chi connectivity index (χ4v) is 3.42. The van der Waals surface area contributed by atoms with Gasteiger partial charge in [-0.15, -0.1) is 28.3 Å². The third kappa shape index (κ3) is 4.16. The quantitative estimate of drug-likeness (QED) is 0.555. The lowest BCUT2D eigenvalue weighted by Gasteiger charge is -2.08. The van der Waals surface area contributed by atoms with E-state index >= 15 is 0 Å². The van der Waals surface area contributed by atoms with Crippen LogP contribution >= 0.6 is 28.3 Å². The Morgan fingerprint density at radius 1 is 1.04 bits per heavy atom. The molecule has 0 radical (unpaired) electrons. The summed E-state index contributed by atoms with van der Waals surface area (Å²) in [6.07, 6.45) is 1.07. The normalized spacial score (nSPS) is 11.2. The Morgan fingerprint density at radius 3 is 2.38 bits per heavy atom. The number of nitrogens with zero attached hydrogens (tertiary/aromatic N) is 2. The number of halogens is 1. The SMILES string of the molecule is Br.CCCn1c(-c2ccc(OC)cc2)csc1=Nc1ccccc1. The van der Waals surface area contributed by atoms with E-state index in [9.17, 15) is 0 Å². The van der Waals surface area contributed by atoms with Crippen molar-refractivity contribution in [2.75, 3.05) is 7.11 Å². The van der Waals surface area contributed by atoms with E-state index < -0.39 is 0 Å². The Labute approximate surface area is 157 Å². The highest BCUT2D eigenvalue weighted by Gasteiger charge is 2.07. The van der Waals surface area contributed by atoms with Crippen molar-refractivity contribution in [2.24, 2.45) is 4.99 Å². The number of aromatic nitrogens is 1. The van der Waals surface area contributed by atoms with E-state index in [1.165, 1.54) is 11.3 Å². The Bertz CT molecular complexity index is 823. The maximum Gasteiger partial charge on any atom is 0.190 e. The topological polar surface area (TPSA) is 26.5 Å². The van der Waals surface area contributed by atoms with Crippen molar-refractivity contribution in [2.45, 2.75) is 19.9 Å². The van der Waals surface area contributed by atoms with Crippen molar-refractivity contribution in [1.82, 2.24) is 4.57 Å². The Kier molecular flexibility index (Phi) is 6.82.